The number of rotatable bonds is 7. The topological polar surface area (TPSA) is 46.7 Å². The van der Waals surface area contributed by atoms with Crippen molar-refractivity contribution in [1.29, 1.82) is 0 Å². The maximum atomic E-state index is 6.66. The van der Waals surface area contributed by atoms with Crippen LogP contribution in [-0.4, -0.2) is 9.55 Å². The Kier molecular flexibility index (Phi) is 11.1. The summed E-state index contributed by atoms with van der Waals surface area (Å²) in [5.41, 5.74) is 16.0. The van der Waals surface area contributed by atoms with Crippen LogP contribution in [0.3, 0.4) is 0 Å². The van der Waals surface area contributed by atoms with Gasteiger partial charge >= 0.3 is 0 Å². The van der Waals surface area contributed by atoms with E-state index in [9.17, 15) is 0 Å². The van der Waals surface area contributed by atoms with Gasteiger partial charge in [-0.05, 0) is 117 Å². The number of para-hydroxylation sites is 4. The fraction of sp³-hybridized carbons (Fsp3) is 0.143. The van der Waals surface area contributed by atoms with Crippen LogP contribution >= 0.6 is 0 Å². The fourth-order valence-electron chi connectivity index (χ4n) is 9.79. The molecular formula is C63H51N4O2Pt-3. The van der Waals surface area contributed by atoms with Gasteiger partial charge in [0.2, 0.25) is 0 Å². The standard InChI is InChI=1S/C63H51N4O2.Pt/c1-40-30-61(64-38-54(40)43-17-14-16-41(31-43)42-26-28-53-52-21-9-13-25-59(52)69-60(53)32-42)67-55-22-10-8-20-50(55)51-29-27-49(37-58(51)67)68-48-19-15-18-46(36-48)65-39-66(57-24-12-11-23-56(57)65)47-34-44(62(2,3)4)33-45(35-47)63(5,6)7;/h8-35,38-39H,1-7H3;/q-3;. The number of fused-ring (bicyclic) bond motifs is 7. The van der Waals surface area contributed by atoms with Crippen molar-refractivity contribution >= 4 is 66.5 Å². The zero-order valence-electron chi connectivity index (χ0n) is 40.2. The molecule has 0 unspecified atom stereocenters. The second-order valence-corrected chi connectivity index (χ2v) is 20.3. The van der Waals surface area contributed by atoms with E-state index in [4.69, 9.17) is 14.1 Å². The Bertz CT molecular complexity index is 3780. The predicted molar refractivity (Wildman–Crippen MR) is 285 cm³/mol. The Labute approximate surface area is 424 Å². The second kappa shape index (κ2) is 17.2. The van der Waals surface area contributed by atoms with Crippen molar-refractivity contribution in [2.24, 2.45) is 0 Å². The molecule has 0 spiro atoms. The van der Waals surface area contributed by atoms with Gasteiger partial charge in [0.25, 0.3) is 0 Å². The molecule has 4 heterocycles. The summed E-state index contributed by atoms with van der Waals surface area (Å²) in [6.07, 6.45) is 1.99. The van der Waals surface area contributed by atoms with E-state index in [-0.39, 0.29) is 31.9 Å². The summed E-state index contributed by atoms with van der Waals surface area (Å²) in [6, 6.07) is 67.0. The van der Waals surface area contributed by atoms with Crippen LogP contribution in [0.2, 0.25) is 0 Å². The van der Waals surface area contributed by atoms with E-state index in [1.54, 1.807) is 0 Å². The first-order valence-electron chi connectivity index (χ1n) is 23.7. The van der Waals surface area contributed by atoms with Gasteiger partial charge in [0, 0.05) is 77.7 Å². The molecule has 1 aliphatic heterocycles. The molecule has 11 aromatic rings. The number of hydrogen-bond acceptors (Lipinski definition) is 5. The molecule has 3 aromatic heterocycles. The number of pyridine rings is 1. The largest absolute Gasteiger partial charge is 0.509 e. The van der Waals surface area contributed by atoms with Crippen LogP contribution < -0.4 is 14.5 Å². The maximum absolute atomic E-state index is 6.66. The summed E-state index contributed by atoms with van der Waals surface area (Å²) in [6.45, 7) is 18.0. The smallest absolute Gasteiger partial charge is 0.136 e. The van der Waals surface area contributed by atoms with E-state index < -0.39 is 0 Å². The summed E-state index contributed by atoms with van der Waals surface area (Å²) in [5, 5.41) is 4.45. The van der Waals surface area contributed by atoms with Gasteiger partial charge in [0.05, 0.1) is 0 Å². The van der Waals surface area contributed by atoms with Gasteiger partial charge < -0.3 is 23.5 Å². The van der Waals surface area contributed by atoms with Gasteiger partial charge in [-0.1, -0.05) is 126 Å². The van der Waals surface area contributed by atoms with E-state index in [2.05, 4.69) is 221 Å². The first-order chi connectivity index (χ1) is 33.3. The summed E-state index contributed by atoms with van der Waals surface area (Å²) in [7, 11) is 0. The first-order valence-corrected chi connectivity index (χ1v) is 23.7. The molecule has 348 valence electrons. The van der Waals surface area contributed by atoms with Crippen molar-refractivity contribution in [2.75, 3.05) is 9.80 Å². The minimum Gasteiger partial charge on any atom is -0.509 e. The molecule has 6 nitrogen and oxygen atoms in total. The summed E-state index contributed by atoms with van der Waals surface area (Å²) < 4.78 is 15.1. The van der Waals surface area contributed by atoms with Crippen molar-refractivity contribution < 1.29 is 30.2 Å². The van der Waals surface area contributed by atoms with E-state index in [0.717, 1.165) is 100 Å². The van der Waals surface area contributed by atoms with Crippen LogP contribution in [0.4, 0.5) is 22.7 Å². The van der Waals surface area contributed by atoms with Crippen LogP contribution in [0.25, 0.3) is 71.8 Å². The van der Waals surface area contributed by atoms with Crippen LogP contribution in [-0.2, 0) is 31.9 Å². The average Bonchev–Trinajstić information content (AvgIpc) is 4.03. The summed E-state index contributed by atoms with van der Waals surface area (Å²) in [5.74, 6) is 2.00. The van der Waals surface area contributed by atoms with Crippen LogP contribution in [0, 0.1) is 25.7 Å². The third-order valence-corrected chi connectivity index (χ3v) is 13.6. The number of furan rings is 1. The van der Waals surface area contributed by atoms with Gasteiger partial charge in [0.15, 0.2) is 0 Å². The Morgan fingerprint density at radius 2 is 1.19 bits per heavy atom. The van der Waals surface area contributed by atoms with Crippen molar-refractivity contribution in [3.05, 3.63) is 212 Å². The number of aromatic nitrogens is 2. The number of benzene rings is 8. The molecule has 0 saturated carbocycles. The Balaban J connectivity index is 0.00000533. The molecule has 8 aromatic carbocycles. The number of aryl methyl sites for hydroxylation is 1. The molecule has 7 heteroatoms. The van der Waals surface area contributed by atoms with Gasteiger partial charge in [-0.15, -0.1) is 48.1 Å². The fourth-order valence-corrected chi connectivity index (χ4v) is 9.79. The molecule has 0 bridgehead atoms. The van der Waals surface area contributed by atoms with Crippen LogP contribution in [0.5, 0.6) is 11.5 Å². The molecule has 12 rings (SSSR count). The first kappa shape index (κ1) is 45.1. The monoisotopic (exact) mass is 1090 g/mol. The van der Waals surface area contributed by atoms with Crippen molar-refractivity contribution in [1.82, 2.24) is 9.55 Å². The molecule has 0 aliphatic carbocycles. The average molecular weight is 1090 g/mol. The third kappa shape index (κ3) is 7.94. The Hall–Kier alpha value is -7.40. The molecule has 0 fully saturated rings. The molecular weight excluding hydrogens is 1040 g/mol. The number of anilines is 4. The molecule has 70 heavy (non-hydrogen) atoms. The molecule has 0 radical (unpaired) electrons. The van der Waals surface area contributed by atoms with E-state index in [1.807, 2.05) is 36.5 Å². The zero-order valence-corrected chi connectivity index (χ0v) is 42.5. The summed E-state index contributed by atoms with van der Waals surface area (Å²) >= 11 is 0. The maximum Gasteiger partial charge on any atom is 0.136 e. The minimum atomic E-state index is -0.00816. The minimum absolute atomic E-state index is 0. The predicted octanol–water partition coefficient (Wildman–Crippen LogP) is 17.1. The molecule has 0 amide bonds. The second-order valence-electron chi connectivity index (χ2n) is 20.3. The van der Waals surface area contributed by atoms with Crippen molar-refractivity contribution in [2.45, 2.75) is 59.3 Å². The van der Waals surface area contributed by atoms with Gasteiger partial charge in [0.1, 0.15) is 17.0 Å². The van der Waals surface area contributed by atoms with E-state index in [0.29, 0.717) is 11.5 Å². The molecule has 1 aliphatic rings. The quantitative estimate of drug-likeness (QED) is 0.149. The third-order valence-electron chi connectivity index (χ3n) is 13.6. The SMILES string of the molecule is Cc1cc(-n2c3[c-]c(Oc4[c-]c(N5[CH-]N(c6cc(C(C)(C)C)cc(C(C)(C)C)c6)c6ccccc65)ccc4)ccc3c3ccccc32)ncc1-c1cccc(-c2ccc3c(c2)oc2ccccc23)c1.[Pt]. The van der Waals surface area contributed by atoms with Crippen molar-refractivity contribution in [3.63, 3.8) is 0 Å². The number of hydrogen-bond donors (Lipinski definition) is 0. The number of nitrogens with zero attached hydrogens (tertiary/aromatic N) is 4. The van der Waals surface area contributed by atoms with Crippen LogP contribution in [0.1, 0.15) is 58.2 Å². The molecule has 0 N–H and O–H groups in total. The molecule has 0 saturated heterocycles. The van der Waals surface area contributed by atoms with Gasteiger partial charge in [-0.2, -0.15) is 12.1 Å². The van der Waals surface area contributed by atoms with Gasteiger partial charge in [-0.3, -0.25) is 0 Å². The van der Waals surface area contributed by atoms with E-state index in [1.165, 1.54) is 11.1 Å². The van der Waals surface area contributed by atoms with Crippen LogP contribution in [0.15, 0.2) is 180 Å². The van der Waals surface area contributed by atoms with Gasteiger partial charge in [-0.25, -0.2) is 4.98 Å². The van der Waals surface area contributed by atoms with E-state index >= 15 is 0 Å². The Morgan fingerprint density at radius 1 is 0.543 bits per heavy atom. The normalized spacial score (nSPS) is 12.8. The zero-order chi connectivity index (χ0) is 47.2. The summed E-state index contributed by atoms with van der Waals surface area (Å²) in [4.78, 5) is 9.64. The molecule has 0 atom stereocenters. The Morgan fingerprint density at radius 3 is 1.96 bits per heavy atom. The number of ether oxygens (including phenoxy) is 1. The van der Waals surface area contributed by atoms with Crippen molar-refractivity contribution in [3.8, 4) is 39.6 Å².